The number of nitro benzene ring substituents is 1. The number of nitrogens with zero attached hydrogens (tertiary/aromatic N) is 1. The molecule has 0 unspecified atom stereocenters. The van der Waals surface area contributed by atoms with Crippen molar-refractivity contribution in [2.24, 2.45) is 5.92 Å². The second-order valence-corrected chi connectivity index (χ2v) is 5.43. The van der Waals surface area contributed by atoms with E-state index in [1.807, 2.05) is 0 Å². The number of hydrogen-bond acceptors (Lipinski definition) is 2. The van der Waals surface area contributed by atoms with Crippen molar-refractivity contribution in [1.82, 2.24) is 0 Å². The molecule has 0 spiro atoms. The summed E-state index contributed by atoms with van der Waals surface area (Å²) in [5.74, 6) is -0.253. The molecule has 0 amide bonds. The van der Waals surface area contributed by atoms with Crippen LogP contribution in [0.15, 0.2) is 6.07 Å². The molecule has 3 nitrogen and oxygen atoms in total. The van der Waals surface area contributed by atoms with Gasteiger partial charge in [0.25, 0.3) is 5.69 Å². The molecule has 0 atom stereocenters. The number of hydrogen-bond donors (Lipinski definition) is 0. The molecule has 0 aliphatic heterocycles. The molecular weight excluding hydrogens is 347 g/mol. The summed E-state index contributed by atoms with van der Waals surface area (Å²) < 4.78 is 14.2. The van der Waals surface area contributed by atoms with E-state index in [0.717, 1.165) is 12.8 Å². The SMILES string of the molecule is O=[N+]([O-])c1cc(I)c(Cl)c(F)c1CC1CC1. The van der Waals surface area contributed by atoms with E-state index < -0.39 is 10.7 Å². The van der Waals surface area contributed by atoms with Crippen LogP contribution in [0.2, 0.25) is 5.02 Å². The lowest BCUT2D eigenvalue weighted by molar-refractivity contribution is -0.385. The highest BCUT2D eigenvalue weighted by Crippen LogP contribution is 2.39. The molecule has 16 heavy (non-hydrogen) atoms. The van der Waals surface area contributed by atoms with Gasteiger partial charge in [-0.1, -0.05) is 11.6 Å². The summed E-state index contributed by atoms with van der Waals surface area (Å²) in [6, 6.07) is 1.34. The third kappa shape index (κ3) is 2.29. The summed E-state index contributed by atoms with van der Waals surface area (Å²) in [7, 11) is 0. The second kappa shape index (κ2) is 4.44. The van der Waals surface area contributed by atoms with E-state index >= 15 is 0 Å². The Labute approximate surface area is 110 Å². The molecule has 6 heteroatoms. The van der Waals surface area contributed by atoms with Crippen LogP contribution in [-0.4, -0.2) is 4.92 Å². The highest BCUT2D eigenvalue weighted by Gasteiger charge is 2.30. The molecule has 86 valence electrons. The standard InChI is InChI=1S/C10H8ClFINO2/c11-9-7(13)4-8(14(15)16)6(10(9)12)3-5-1-2-5/h4-5H,1-3H2. The van der Waals surface area contributed by atoms with Gasteiger partial charge in [0.2, 0.25) is 0 Å². The van der Waals surface area contributed by atoms with Gasteiger partial charge in [0.05, 0.1) is 15.5 Å². The fourth-order valence-electron chi connectivity index (χ4n) is 1.59. The smallest absolute Gasteiger partial charge is 0.258 e. The predicted octanol–water partition coefficient (Wildman–Crippen LogP) is 3.94. The van der Waals surface area contributed by atoms with Crippen LogP contribution in [0.25, 0.3) is 0 Å². The summed E-state index contributed by atoms with van der Waals surface area (Å²) >= 11 is 7.56. The van der Waals surface area contributed by atoms with E-state index in [9.17, 15) is 14.5 Å². The highest BCUT2D eigenvalue weighted by molar-refractivity contribution is 14.1. The molecular formula is C10H8ClFINO2. The summed E-state index contributed by atoms with van der Waals surface area (Å²) in [5.41, 5.74) is -0.00360. The monoisotopic (exact) mass is 355 g/mol. The molecule has 0 N–H and O–H groups in total. The van der Waals surface area contributed by atoms with E-state index in [2.05, 4.69) is 0 Å². The minimum atomic E-state index is -0.632. The summed E-state index contributed by atoms with van der Waals surface area (Å²) in [6.07, 6.45) is 2.44. The minimum Gasteiger partial charge on any atom is -0.258 e. The Morgan fingerprint density at radius 1 is 1.62 bits per heavy atom. The molecule has 0 radical (unpaired) electrons. The van der Waals surface area contributed by atoms with E-state index in [-0.39, 0.29) is 16.3 Å². The first kappa shape index (κ1) is 12.0. The Hall–Kier alpha value is -0.430. The summed E-state index contributed by atoms with van der Waals surface area (Å²) in [4.78, 5) is 10.3. The van der Waals surface area contributed by atoms with Crippen molar-refractivity contribution < 1.29 is 9.31 Å². The first-order chi connectivity index (χ1) is 7.50. The second-order valence-electron chi connectivity index (χ2n) is 3.89. The Balaban J connectivity index is 2.51. The highest BCUT2D eigenvalue weighted by atomic mass is 127. The van der Waals surface area contributed by atoms with Crippen molar-refractivity contribution in [3.63, 3.8) is 0 Å². The number of halogens is 3. The largest absolute Gasteiger partial charge is 0.276 e. The molecule has 0 heterocycles. The van der Waals surface area contributed by atoms with Gasteiger partial charge in [-0.15, -0.1) is 0 Å². The van der Waals surface area contributed by atoms with Gasteiger partial charge in [-0.3, -0.25) is 10.1 Å². The van der Waals surface area contributed by atoms with E-state index in [0.29, 0.717) is 15.9 Å². The van der Waals surface area contributed by atoms with Crippen LogP contribution in [0.4, 0.5) is 10.1 Å². The van der Waals surface area contributed by atoms with Gasteiger partial charge in [-0.05, 0) is 47.8 Å². The maximum atomic E-state index is 13.8. The Morgan fingerprint density at radius 3 is 2.75 bits per heavy atom. The molecule has 0 aromatic heterocycles. The van der Waals surface area contributed by atoms with Crippen molar-refractivity contribution in [3.05, 3.63) is 36.2 Å². The lowest BCUT2D eigenvalue weighted by Gasteiger charge is -2.06. The average molecular weight is 356 g/mol. The van der Waals surface area contributed by atoms with Crippen molar-refractivity contribution in [3.8, 4) is 0 Å². The third-order valence-corrected chi connectivity index (χ3v) is 4.17. The molecule has 1 aromatic rings. The fourth-order valence-corrected chi connectivity index (χ4v) is 2.29. The third-order valence-electron chi connectivity index (χ3n) is 2.63. The average Bonchev–Trinajstić information content (AvgIpc) is 3.02. The van der Waals surface area contributed by atoms with Crippen molar-refractivity contribution >= 4 is 39.9 Å². The maximum absolute atomic E-state index is 13.8. The van der Waals surface area contributed by atoms with E-state index in [1.54, 1.807) is 22.6 Å². The van der Waals surface area contributed by atoms with Crippen LogP contribution in [-0.2, 0) is 6.42 Å². The van der Waals surface area contributed by atoms with Crippen molar-refractivity contribution in [2.75, 3.05) is 0 Å². The van der Waals surface area contributed by atoms with Crippen LogP contribution in [0.1, 0.15) is 18.4 Å². The van der Waals surface area contributed by atoms with Crippen LogP contribution < -0.4 is 0 Å². The normalized spacial score (nSPS) is 15.2. The molecule has 0 bridgehead atoms. The van der Waals surface area contributed by atoms with E-state index in [4.69, 9.17) is 11.6 Å². The zero-order valence-corrected chi connectivity index (χ0v) is 11.1. The topological polar surface area (TPSA) is 43.1 Å². The van der Waals surface area contributed by atoms with Gasteiger partial charge in [0, 0.05) is 9.64 Å². The number of rotatable bonds is 3. The minimum absolute atomic E-state index is 0.0122. The summed E-state index contributed by atoms with van der Waals surface area (Å²) in [6.45, 7) is 0. The maximum Gasteiger partial charge on any atom is 0.276 e. The van der Waals surface area contributed by atoms with E-state index in [1.165, 1.54) is 6.07 Å². The molecule has 1 aliphatic rings. The van der Waals surface area contributed by atoms with Crippen LogP contribution in [0.3, 0.4) is 0 Å². The first-order valence-electron chi connectivity index (χ1n) is 4.81. The lowest BCUT2D eigenvalue weighted by atomic mass is 10.1. The molecule has 1 saturated carbocycles. The lowest BCUT2D eigenvalue weighted by Crippen LogP contribution is -2.02. The van der Waals surface area contributed by atoms with Crippen molar-refractivity contribution in [2.45, 2.75) is 19.3 Å². The van der Waals surface area contributed by atoms with Crippen LogP contribution in [0, 0.1) is 25.4 Å². The van der Waals surface area contributed by atoms with Gasteiger partial charge in [0.15, 0.2) is 5.82 Å². The molecule has 1 aliphatic carbocycles. The number of benzene rings is 1. The Kier molecular flexibility index (Phi) is 3.34. The first-order valence-corrected chi connectivity index (χ1v) is 6.27. The van der Waals surface area contributed by atoms with Gasteiger partial charge in [-0.2, -0.15) is 0 Å². The van der Waals surface area contributed by atoms with Gasteiger partial charge >= 0.3 is 0 Å². The van der Waals surface area contributed by atoms with Gasteiger partial charge in [-0.25, -0.2) is 4.39 Å². The Morgan fingerprint density at radius 2 is 2.25 bits per heavy atom. The molecule has 2 rings (SSSR count). The molecule has 0 saturated heterocycles. The zero-order valence-electron chi connectivity index (χ0n) is 8.17. The quantitative estimate of drug-likeness (QED) is 0.357. The fraction of sp³-hybridized carbons (Fsp3) is 0.400. The van der Waals surface area contributed by atoms with Crippen molar-refractivity contribution in [1.29, 1.82) is 0 Å². The Bertz CT molecular complexity index is 463. The van der Waals surface area contributed by atoms with Gasteiger partial charge < -0.3 is 0 Å². The van der Waals surface area contributed by atoms with Gasteiger partial charge in [0.1, 0.15) is 0 Å². The van der Waals surface area contributed by atoms with Crippen LogP contribution >= 0.6 is 34.2 Å². The zero-order chi connectivity index (χ0) is 11.9. The molecule has 1 aromatic carbocycles. The number of nitro groups is 1. The summed E-state index contributed by atoms with van der Waals surface area (Å²) in [5, 5.41) is 10.8. The van der Waals surface area contributed by atoms with Crippen LogP contribution in [0.5, 0.6) is 0 Å². The molecule has 1 fully saturated rings. The predicted molar refractivity (Wildman–Crippen MR) is 67.2 cm³/mol.